The minimum Gasteiger partial charge on any atom is -0.357 e. The number of rotatable bonds is 6. The van der Waals surface area contributed by atoms with Crippen molar-refractivity contribution in [3.05, 3.63) is 50.9 Å². The number of thiophene rings is 1. The molecule has 0 aliphatic carbocycles. The highest BCUT2D eigenvalue weighted by Crippen LogP contribution is 2.23. The largest absolute Gasteiger partial charge is 0.357 e. The average molecular weight is 534 g/mol. The molecular weight excluding hydrogens is 505 g/mol. The fourth-order valence-corrected chi connectivity index (χ4v) is 4.40. The number of pyridine rings is 1. The summed E-state index contributed by atoms with van der Waals surface area (Å²) in [7, 11) is 0. The van der Waals surface area contributed by atoms with Gasteiger partial charge in [0.05, 0.1) is 4.34 Å². The molecule has 154 valence electrons. The van der Waals surface area contributed by atoms with E-state index in [9.17, 15) is 0 Å². The number of halogens is 2. The van der Waals surface area contributed by atoms with Crippen LogP contribution in [0.15, 0.2) is 35.6 Å². The summed E-state index contributed by atoms with van der Waals surface area (Å²) in [5.74, 6) is 1.03. The van der Waals surface area contributed by atoms with Crippen LogP contribution >= 0.6 is 46.9 Å². The minimum atomic E-state index is 0. The Morgan fingerprint density at radius 1 is 1.25 bits per heavy atom. The molecule has 0 bridgehead atoms. The van der Waals surface area contributed by atoms with Gasteiger partial charge in [-0.1, -0.05) is 11.6 Å². The molecule has 0 amide bonds. The normalized spacial score (nSPS) is 15.4. The smallest absolute Gasteiger partial charge is 0.194 e. The lowest BCUT2D eigenvalue weighted by Gasteiger charge is -2.36. The molecule has 8 heteroatoms. The summed E-state index contributed by atoms with van der Waals surface area (Å²) in [5.41, 5.74) is 2.56. The number of hydrogen-bond donors (Lipinski definition) is 1. The number of aromatic nitrogens is 1. The second kappa shape index (κ2) is 11.9. The van der Waals surface area contributed by atoms with E-state index in [1.54, 1.807) is 11.3 Å². The molecule has 0 saturated carbocycles. The van der Waals surface area contributed by atoms with Gasteiger partial charge >= 0.3 is 0 Å². The van der Waals surface area contributed by atoms with Gasteiger partial charge in [-0.15, -0.1) is 35.3 Å². The van der Waals surface area contributed by atoms with Crippen molar-refractivity contribution in [3.63, 3.8) is 0 Å². The molecule has 1 fully saturated rings. The highest BCUT2D eigenvalue weighted by molar-refractivity contribution is 14.0. The highest BCUT2D eigenvalue weighted by Gasteiger charge is 2.20. The van der Waals surface area contributed by atoms with Crippen molar-refractivity contribution >= 4 is 52.9 Å². The third kappa shape index (κ3) is 6.86. The van der Waals surface area contributed by atoms with Gasteiger partial charge in [0.1, 0.15) is 0 Å². The number of piperazine rings is 1. The molecule has 0 radical (unpaired) electrons. The number of hydrogen-bond acceptors (Lipinski definition) is 4. The van der Waals surface area contributed by atoms with Crippen molar-refractivity contribution in [3.8, 4) is 0 Å². The van der Waals surface area contributed by atoms with Crippen LogP contribution in [-0.2, 0) is 13.0 Å². The Balaban J connectivity index is 0.00000280. The summed E-state index contributed by atoms with van der Waals surface area (Å²) >= 11 is 7.72. The summed E-state index contributed by atoms with van der Waals surface area (Å²) in [4.78, 5) is 15.2. The maximum Gasteiger partial charge on any atom is 0.194 e. The third-order valence-corrected chi connectivity index (χ3v) is 6.01. The number of nitrogens with zero attached hydrogens (tertiary/aromatic N) is 4. The van der Waals surface area contributed by atoms with Crippen molar-refractivity contribution in [1.82, 2.24) is 20.1 Å². The molecule has 1 aliphatic heterocycles. The molecule has 1 aliphatic rings. The zero-order chi connectivity index (χ0) is 19.1. The van der Waals surface area contributed by atoms with E-state index in [2.05, 4.69) is 46.1 Å². The third-order valence-electron chi connectivity index (χ3n) is 4.79. The van der Waals surface area contributed by atoms with Crippen LogP contribution in [0.2, 0.25) is 4.34 Å². The topological polar surface area (TPSA) is 43.8 Å². The number of nitrogens with one attached hydrogen (secondary N) is 1. The van der Waals surface area contributed by atoms with Gasteiger partial charge in [-0.3, -0.25) is 14.9 Å². The summed E-state index contributed by atoms with van der Waals surface area (Å²) in [6.07, 6.45) is 4.73. The van der Waals surface area contributed by atoms with Crippen molar-refractivity contribution in [2.24, 2.45) is 4.99 Å². The van der Waals surface area contributed by atoms with Crippen LogP contribution in [0, 0.1) is 6.92 Å². The van der Waals surface area contributed by atoms with Crippen LogP contribution in [0.25, 0.3) is 0 Å². The predicted octanol–water partition coefficient (Wildman–Crippen LogP) is 4.05. The quantitative estimate of drug-likeness (QED) is 0.346. The summed E-state index contributed by atoms with van der Waals surface area (Å²) in [5, 5.41) is 3.45. The zero-order valence-corrected chi connectivity index (χ0v) is 20.4. The number of guanidine groups is 1. The molecule has 28 heavy (non-hydrogen) atoms. The lowest BCUT2D eigenvalue weighted by molar-refractivity contribution is 0.173. The second-order valence-electron chi connectivity index (χ2n) is 6.76. The molecule has 0 unspecified atom stereocenters. The number of aryl methyl sites for hydroxylation is 1. The lowest BCUT2D eigenvalue weighted by Crippen LogP contribution is -2.52. The van der Waals surface area contributed by atoms with E-state index in [0.29, 0.717) is 0 Å². The Bertz CT molecular complexity index is 759. The molecule has 5 nitrogen and oxygen atoms in total. The van der Waals surface area contributed by atoms with Crippen molar-refractivity contribution in [2.45, 2.75) is 26.8 Å². The minimum absolute atomic E-state index is 0. The van der Waals surface area contributed by atoms with E-state index in [1.165, 1.54) is 16.0 Å². The fraction of sp³-hybridized carbons (Fsp3) is 0.500. The Kier molecular flexibility index (Phi) is 9.98. The van der Waals surface area contributed by atoms with E-state index >= 15 is 0 Å². The van der Waals surface area contributed by atoms with E-state index in [0.717, 1.165) is 62.5 Å². The van der Waals surface area contributed by atoms with Gasteiger partial charge in [0.25, 0.3) is 0 Å². The van der Waals surface area contributed by atoms with Gasteiger partial charge in [0.15, 0.2) is 5.96 Å². The first-order valence-corrected chi connectivity index (χ1v) is 10.7. The first-order valence-electron chi connectivity index (χ1n) is 9.55. The SMILES string of the molecule is CCNC(=NCCc1ccncc1C)N1CCN(Cc2ccc(Cl)s2)CC1.I. The van der Waals surface area contributed by atoms with Crippen LogP contribution in [0.4, 0.5) is 0 Å². The summed E-state index contributed by atoms with van der Waals surface area (Å²) in [6, 6.07) is 6.21. The van der Waals surface area contributed by atoms with Gasteiger partial charge in [0.2, 0.25) is 0 Å². The lowest BCUT2D eigenvalue weighted by atomic mass is 10.1. The van der Waals surface area contributed by atoms with E-state index in [1.807, 2.05) is 18.5 Å². The van der Waals surface area contributed by atoms with Gasteiger partial charge in [-0.2, -0.15) is 0 Å². The highest BCUT2D eigenvalue weighted by atomic mass is 127. The number of aliphatic imine (C=N–C) groups is 1. The van der Waals surface area contributed by atoms with Gasteiger partial charge in [-0.25, -0.2) is 0 Å². The Morgan fingerprint density at radius 3 is 2.68 bits per heavy atom. The molecule has 3 rings (SSSR count). The summed E-state index contributed by atoms with van der Waals surface area (Å²) < 4.78 is 0.870. The maximum atomic E-state index is 6.04. The monoisotopic (exact) mass is 533 g/mol. The Hall–Kier alpha value is -0.900. The molecule has 3 heterocycles. The van der Waals surface area contributed by atoms with Crippen LogP contribution in [0.5, 0.6) is 0 Å². The average Bonchev–Trinajstić information content (AvgIpc) is 3.08. The molecule has 2 aromatic rings. The van der Waals surface area contributed by atoms with Gasteiger partial charge in [0, 0.05) is 63.1 Å². The standard InChI is InChI=1S/C20H28ClN5S.HI/c1-3-23-20(24-9-7-17-6-8-22-14-16(17)2)26-12-10-25(11-13-26)15-18-4-5-19(21)27-18;/h4-6,8,14H,3,7,9-13,15H2,1-2H3,(H,23,24);1H. The first-order chi connectivity index (χ1) is 13.2. The Morgan fingerprint density at radius 2 is 2.04 bits per heavy atom. The fourth-order valence-electron chi connectivity index (χ4n) is 3.27. The molecule has 0 aromatic carbocycles. The first kappa shape index (κ1) is 23.4. The molecule has 0 atom stereocenters. The molecule has 1 N–H and O–H groups in total. The van der Waals surface area contributed by atoms with Gasteiger partial charge in [-0.05, 0) is 49.6 Å². The van der Waals surface area contributed by atoms with Crippen LogP contribution in [0.1, 0.15) is 22.9 Å². The van der Waals surface area contributed by atoms with E-state index < -0.39 is 0 Å². The molecule has 1 saturated heterocycles. The molecular formula is C20H29ClIN5S. The maximum absolute atomic E-state index is 6.04. The predicted molar refractivity (Wildman–Crippen MR) is 130 cm³/mol. The summed E-state index contributed by atoms with van der Waals surface area (Å²) in [6.45, 7) is 11.0. The zero-order valence-electron chi connectivity index (χ0n) is 16.5. The van der Waals surface area contributed by atoms with E-state index in [4.69, 9.17) is 16.6 Å². The molecule has 0 spiro atoms. The van der Waals surface area contributed by atoms with Gasteiger partial charge < -0.3 is 10.2 Å². The Labute approximate surface area is 194 Å². The van der Waals surface area contributed by atoms with Crippen LogP contribution in [-0.4, -0.2) is 60.0 Å². The van der Waals surface area contributed by atoms with E-state index in [-0.39, 0.29) is 24.0 Å². The van der Waals surface area contributed by atoms with Crippen molar-refractivity contribution in [2.75, 3.05) is 39.3 Å². The van der Waals surface area contributed by atoms with Crippen molar-refractivity contribution < 1.29 is 0 Å². The van der Waals surface area contributed by atoms with Crippen LogP contribution in [0.3, 0.4) is 0 Å². The molecule has 2 aromatic heterocycles. The van der Waals surface area contributed by atoms with Crippen molar-refractivity contribution in [1.29, 1.82) is 0 Å². The second-order valence-corrected chi connectivity index (χ2v) is 8.56. The van der Waals surface area contributed by atoms with Crippen LogP contribution < -0.4 is 5.32 Å².